The molecule has 0 atom stereocenters. The van der Waals surface area contributed by atoms with Crippen LogP contribution in [0.4, 0.5) is 0 Å². The molecule has 25 heavy (non-hydrogen) atoms. The Morgan fingerprint density at radius 1 is 0.880 bits per heavy atom. The normalized spacial score (nSPS) is 10.4. The number of hydrogen-bond acceptors (Lipinski definition) is 4. The minimum absolute atomic E-state index is 0.216. The average molecular weight is 332 g/mol. The smallest absolute Gasteiger partial charge is 0.309 e. The van der Waals surface area contributed by atoms with Gasteiger partial charge in [0.25, 0.3) is 0 Å². The van der Waals surface area contributed by atoms with Gasteiger partial charge in [0.1, 0.15) is 0 Å². The summed E-state index contributed by atoms with van der Waals surface area (Å²) in [5.41, 5.74) is 5.48. The van der Waals surface area contributed by atoms with E-state index in [9.17, 15) is 4.79 Å². The molecule has 3 aromatic rings. The molecule has 126 valence electrons. The number of carbonyl (C=O) groups excluding carboxylic acids is 1. The van der Waals surface area contributed by atoms with E-state index in [1.807, 2.05) is 30.5 Å². The Hall–Kier alpha value is -3.01. The third-order valence-electron chi connectivity index (χ3n) is 4.11. The molecule has 0 amide bonds. The molecule has 0 N–H and O–H groups in total. The Morgan fingerprint density at radius 3 is 2.24 bits per heavy atom. The Labute approximate surface area is 147 Å². The zero-order chi connectivity index (χ0) is 17.5. The summed E-state index contributed by atoms with van der Waals surface area (Å²) in [6.45, 7) is 0. The van der Waals surface area contributed by atoms with E-state index in [0.29, 0.717) is 6.42 Å². The van der Waals surface area contributed by atoms with E-state index in [2.05, 4.69) is 39.0 Å². The number of carbonyl (C=O) groups is 1. The molecule has 2 heterocycles. The predicted molar refractivity (Wildman–Crippen MR) is 97.0 cm³/mol. The van der Waals surface area contributed by atoms with Crippen LogP contribution in [0.25, 0.3) is 11.1 Å². The van der Waals surface area contributed by atoms with Crippen molar-refractivity contribution < 1.29 is 9.53 Å². The van der Waals surface area contributed by atoms with Crippen molar-refractivity contribution in [2.24, 2.45) is 0 Å². The number of rotatable bonds is 6. The molecule has 0 aliphatic rings. The fraction of sp³-hybridized carbons (Fsp3) is 0.190. The number of hydrogen-bond donors (Lipinski definition) is 0. The van der Waals surface area contributed by atoms with Crippen molar-refractivity contribution in [2.45, 2.75) is 19.3 Å². The molecule has 0 saturated heterocycles. The van der Waals surface area contributed by atoms with Crippen LogP contribution < -0.4 is 0 Å². The minimum atomic E-state index is -0.216. The summed E-state index contributed by atoms with van der Waals surface area (Å²) in [5, 5.41) is 0. The van der Waals surface area contributed by atoms with Gasteiger partial charge in [-0.15, -0.1) is 0 Å². The third kappa shape index (κ3) is 4.73. The van der Waals surface area contributed by atoms with Crippen LogP contribution >= 0.6 is 0 Å². The minimum Gasteiger partial charge on any atom is -0.469 e. The second-order valence-corrected chi connectivity index (χ2v) is 5.84. The van der Waals surface area contributed by atoms with Gasteiger partial charge in [0.05, 0.1) is 13.5 Å². The molecule has 0 spiro atoms. The maximum atomic E-state index is 11.3. The van der Waals surface area contributed by atoms with Gasteiger partial charge in [0.15, 0.2) is 0 Å². The summed E-state index contributed by atoms with van der Waals surface area (Å²) in [6.07, 6.45) is 7.59. The molecule has 0 aliphatic heterocycles. The van der Waals surface area contributed by atoms with E-state index in [1.165, 1.54) is 12.7 Å². The molecule has 0 fully saturated rings. The maximum Gasteiger partial charge on any atom is 0.309 e. The Balaban J connectivity index is 1.57. The lowest BCUT2D eigenvalue weighted by molar-refractivity contribution is -0.139. The molecule has 1 aromatic carbocycles. The van der Waals surface area contributed by atoms with Gasteiger partial charge < -0.3 is 4.74 Å². The van der Waals surface area contributed by atoms with E-state index < -0.39 is 0 Å². The molecule has 0 saturated carbocycles. The van der Waals surface area contributed by atoms with Crippen molar-refractivity contribution in [3.05, 3.63) is 83.9 Å². The van der Waals surface area contributed by atoms with Gasteiger partial charge in [0.2, 0.25) is 0 Å². The van der Waals surface area contributed by atoms with Crippen molar-refractivity contribution >= 4 is 5.97 Å². The third-order valence-corrected chi connectivity index (χ3v) is 4.11. The van der Waals surface area contributed by atoms with Gasteiger partial charge in [-0.3, -0.25) is 14.8 Å². The second-order valence-electron chi connectivity index (χ2n) is 5.84. The number of aryl methyl sites for hydroxylation is 2. The summed E-state index contributed by atoms with van der Waals surface area (Å²) in [5.74, 6) is -0.216. The highest BCUT2D eigenvalue weighted by atomic mass is 16.5. The van der Waals surface area contributed by atoms with Gasteiger partial charge >= 0.3 is 5.97 Å². The number of aromatic nitrogens is 2. The number of methoxy groups -OCH3 is 1. The average Bonchev–Trinajstić information content (AvgIpc) is 2.68. The van der Waals surface area contributed by atoms with Crippen LogP contribution in [0.2, 0.25) is 0 Å². The van der Waals surface area contributed by atoms with Crippen LogP contribution in [0, 0.1) is 0 Å². The summed E-state index contributed by atoms with van der Waals surface area (Å²) in [6, 6.07) is 16.2. The molecule has 0 bridgehead atoms. The fourth-order valence-corrected chi connectivity index (χ4v) is 2.62. The summed E-state index contributed by atoms with van der Waals surface area (Å²) < 4.78 is 4.68. The first kappa shape index (κ1) is 16.8. The molecule has 0 aliphatic carbocycles. The highest BCUT2D eigenvalue weighted by molar-refractivity contribution is 5.72. The number of ether oxygens (including phenoxy) is 1. The standard InChI is InChI=1S/C21H20N2O2/c1-25-21(24)14-17-4-2-16(3-5-17)6-8-20-9-7-19(15-23-20)18-10-12-22-13-11-18/h2-5,7,9-13,15H,6,8,14H2,1H3. The van der Waals surface area contributed by atoms with E-state index in [-0.39, 0.29) is 5.97 Å². The van der Waals surface area contributed by atoms with Crippen LogP contribution in [0.5, 0.6) is 0 Å². The van der Waals surface area contributed by atoms with Crippen LogP contribution in [0.15, 0.2) is 67.1 Å². The van der Waals surface area contributed by atoms with E-state index in [0.717, 1.165) is 35.2 Å². The van der Waals surface area contributed by atoms with E-state index in [1.54, 1.807) is 12.4 Å². The molecular weight excluding hydrogens is 312 g/mol. The van der Waals surface area contributed by atoms with Gasteiger partial charge in [-0.05, 0) is 47.7 Å². The summed E-state index contributed by atoms with van der Waals surface area (Å²) >= 11 is 0. The topological polar surface area (TPSA) is 52.1 Å². The highest BCUT2D eigenvalue weighted by Gasteiger charge is 2.04. The van der Waals surface area contributed by atoms with Crippen LogP contribution in [0.1, 0.15) is 16.8 Å². The van der Waals surface area contributed by atoms with Gasteiger partial charge in [-0.2, -0.15) is 0 Å². The molecule has 4 heteroatoms. The predicted octanol–water partition coefficient (Wildman–Crippen LogP) is 3.64. The van der Waals surface area contributed by atoms with Gasteiger partial charge in [0, 0.05) is 29.8 Å². The molecule has 4 nitrogen and oxygen atoms in total. The molecule has 0 unspecified atom stereocenters. The molecule has 0 radical (unpaired) electrons. The monoisotopic (exact) mass is 332 g/mol. The maximum absolute atomic E-state index is 11.3. The lowest BCUT2D eigenvalue weighted by Gasteiger charge is -2.05. The van der Waals surface area contributed by atoms with Gasteiger partial charge in [-0.1, -0.05) is 30.3 Å². The summed E-state index contributed by atoms with van der Waals surface area (Å²) in [7, 11) is 1.41. The van der Waals surface area contributed by atoms with Crippen molar-refractivity contribution in [1.29, 1.82) is 0 Å². The zero-order valence-corrected chi connectivity index (χ0v) is 14.2. The number of benzene rings is 1. The van der Waals surface area contributed by atoms with E-state index >= 15 is 0 Å². The molecule has 2 aromatic heterocycles. The van der Waals surface area contributed by atoms with Crippen LogP contribution in [-0.4, -0.2) is 23.0 Å². The van der Waals surface area contributed by atoms with Crippen molar-refractivity contribution in [2.75, 3.05) is 7.11 Å². The number of esters is 1. The number of pyridine rings is 2. The Kier molecular flexibility index (Phi) is 5.52. The molecule has 3 rings (SSSR count). The van der Waals surface area contributed by atoms with Crippen molar-refractivity contribution in [1.82, 2.24) is 9.97 Å². The highest BCUT2D eigenvalue weighted by Crippen LogP contribution is 2.17. The Bertz CT molecular complexity index is 813. The Morgan fingerprint density at radius 2 is 1.60 bits per heavy atom. The van der Waals surface area contributed by atoms with Crippen LogP contribution in [-0.2, 0) is 28.8 Å². The lowest BCUT2D eigenvalue weighted by atomic mass is 10.0. The molecular formula is C21H20N2O2. The first-order chi connectivity index (χ1) is 12.2. The first-order valence-electron chi connectivity index (χ1n) is 8.24. The largest absolute Gasteiger partial charge is 0.469 e. The first-order valence-corrected chi connectivity index (χ1v) is 8.24. The second kappa shape index (κ2) is 8.20. The fourth-order valence-electron chi connectivity index (χ4n) is 2.62. The zero-order valence-electron chi connectivity index (χ0n) is 14.2. The number of nitrogens with zero attached hydrogens (tertiary/aromatic N) is 2. The van der Waals surface area contributed by atoms with Crippen molar-refractivity contribution in [3.63, 3.8) is 0 Å². The SMILES string of the molecule is COC(=O)Cc1ccc(CCc2ccc(-c3ccncc3)cn2)cc1. The van der Waals surface area contributed by atoms with Crippen molar-refractivity contribution in [3.8, 4) is 11.1 Å². The van der Waals surface area contributed by atoms with Crippen LogP contribution in [0.3, 0.4) is 0 Å². The lowest BCUT2D eigenvalue weighted by Crippen LogP contribution is -2.04. The van der Waals surface area contributed by atoms with E-state index in [4.69, 9.17) is 0 Å². The van der Waals surface area contributed by atoms with Gasteiger partial charge in [-0.25, -0.2) is 0 Å². The quantitative estimate of drug-likeness (QED) is 0.647. The summed E-state index contributed by atoms with van der Waals surface area (Å²) in [4.78, 5) is 19.9.